The zero-order valence-corrected chi connectivity index (χ0v) is 8.83. The third kappa shape index (κ3) is 1.79. The Morgan fingerprint density at radius 3 is 2.61 bits per heavy atom. The summed E-state index contributed by atoms with van der Waals surface area (Å²) in [6.07, 6.45) is -2.17. The molecular formula is C9H9FN2O6. The maximum absolute atomic E-state index is 13.0. The fraction of sp³-hybridized carbons (Fsp3) is 0.333. The number of H-pyrrole nitrogens is 1. The third-order valence-electron chi connectivity index (χ3n) is 2.44. The molecule has 0 aliphatic carbocycles. The third-order valence-corrected chi connectivity index (χ3v) is 2.44. The standard InChI is InChI=1S/C9H9FN2O6/c10-3-1-12(9(17)11-7(3)16)8-6(15)5(14)4(2-13)18-8/h1,4,8,13-15H,2H2,(H,11,16,17). The van der Waals surface area contributed by atoms with E-state index < -0.39 is 47.5 Å². The van der Waals surface area contributed by atoms with E-state index in [4.69, 9.17) is 9.84 Å². The number of ether oxygens (including phenoxy) is 1. The largest absolute Gasteiger partial charge is 0.506 e. The molecule has 2 rings (SSSR count). The number of aliphatic hydroxyl groups is 3. The van der Waals surface area contributed by atoms with E-state index in [1.807, 2.05) is 0 Å². The van der Waals surface area contributed by atoms with Crippen molar-refractivity contribution in [3.63, 3.8) is 0 Å². The van der Waals surface area contributed by atoms with Crippen LogP contribution < -0.4 is 11.2 Å². The number of hydrogen-bond acceptors (Lipinski definition) is 6. The molecule has 2 heterocycles. The van der Waals surface area contributed by atoms with Crippen LogP contribution in [0.2, 0.25) is 0 Å². The quantitative estimate of drug-likeness (QED) is 0.534. The number of rotatable bonds is 2. The van der Waals surface area contributed by atoms with Crippen LogP contribution >= 0.6 is 0 Å². The minimum Gasteiger partial charge on any atom is -0.506 e. The van der Waals surface area contributed by atoms with Gasteiger partial charge in [0.25, 0.3) is 5.56 Å². The van der Waals surface area contributed by atoms with Gasteiger partial charge in [0.15, 0.2) is 17.7 Å². The van der Waals surface area contributed by atoms with E-state index in [0.29, 0.717) is 10.8 Å². The molecule has 0 aromatic carbocycles. The molecule has 2 atom stereocenters. The van der Waals surface area contributed by atoms with Gasteiger partial charge >= 0.3 is 5.69 Å². The van der Waals surface area contributed by atoms with E-state index in [0.717, 1.165) is 0 Å². The lowest BCUT2D eigenvalue weighted by molar-refractivity contribution is -0.0372. The Balaban J connectivity index is 2.50. The van der Waals surface area contributed by atoms with Gasteiger partial charge in [-0.05, 0) is 0 Å². The molecule has 2 unspecified atom stereocenters. The maximum atomic E-state index is 13.0. The van der Waals surface area contributed by atoms with Gasteiger partial charge < -0.3 is 20.1 Å². The molecule has 8 nitrogen and oxygen atoms in total. The molecule has 0 bridgehead atoms. The first-order valence-electron chi connectivity index (χ1n) is 4.85. The highest BCUT2D eigenvalue weighted by Gasteiger charge is 2.36. The molecule has 1 aliphatic heterocycles. The average molecular weight is 260 g/mol. The Hall–Kier alpha value is -2.13. The van der Waals surface area contributed by atoms with Gasteiger partial charge in [0.05, 0.1) is 12.8 Å². The van der Waals surface area contributed by atoms with E-state index in [9.17, 15) is 24.2 Å². The minimum absolute atomic E-state index is 0.537. The number of nitrogens with zero attached hydrogens (tertiary/aromatic N) is 1. The predicted molar refractivity (Wildman–Crippen MR) is 54.6 cm³/mol. The van der Waals surface area contributed by atoms with Crippen LogP contribution in [0.4, 0.5) is 4.39 Å². The van der Waals surface area contributed by atoms with Crippen molar-refractivity contribution < 1.29 is 24.4 Å². The highest BCUT2D eigenvalue weighted by Crippen LogP contribution is 2.29. The first-order chi connectivity index (χ1) is 8.45. The van der Waals surface area contributed by atoms with Crippen molar-refractivity contribution in [2.24, 2.45) is 0 Å². The molecule has 98 valence electrons. The second kappa shape index (κ2) is 4.27. The number of aromatic nitrogens is 2. The lowest BCUT2D eigenvalue weighted by Gasteiger charge is -2.14. The van der Waals surface area contributed by atoms with Crippen molar-refractivity contribution in [1.82, 2.24) is 9.55 Å². The fourth-order valence-corrected chi connectivity index (χ4v) is 1.54. The van der Waals surface area contributed by atoms with Gasteiger partial charge in [0.1, 0.15) is 6.10 Å². The van der Waals surface area contributed by atoms with Crippen LogP contribution in [0.25, 0.3) is 0 Å². The fourth-order valence-electron chi connectivity index (χ4n) is 1.54. The highest BCUT2D eigenvalue weighted by atomic mass is 19.1. The molecule has 0 spiro atoms. The summed E-state index contributed by atoms with van der Waals surface area (Å²) < 4.78 is 18.5. The van der Waals surface area contributed by atoms with Gasteiger partial charge in [0.2, 0.25) is 5.82 Å². The molecule has 0 radical (unpaired) electrons. The molecule has 0 saturated heterocycles. The summed E-state index contributed by atoms with van der Waals surface area (Å²) in [6.45, 7) is -0.632. The van der Waals surface area contributed by atoms with Crippen LogP contribution in [-0.4, -0.2) is 37.6 Å². The second-order valence-electron chi connectivity index (χ2n) is 3.57. The van der Waals surface area contributed by atoms with Crippen molar-refractivity contribution in [1.29, 1.82) is 0 Å². The van der Waals surface area contributed by atoms with E-state index in [1.54, 1.807) is 4.98 Å². The summed E-state index contributed by atoms with van der Waals surface area (Å²) in [5, 5.41) is 27.7. The van der Waals surface area contributed by atoms with Gasteiger partial charge in [-0.2, -0.15) is 4.39 Å². The van der Waals surface area contributed by atoms with Crippen LogP contribution in [0, 0.1) is 5.82 Å². The van der Waals surface area contributed by atoms with Gasteiger partial charge in [-0.3, -0.25) is 14.3 Å². The molecular weight excluding hydrogens is 251 g/mol. The van der Waals surface area contributed by atoms with Gasteiger partial charge in [0, 0.05) is 0 Å². The van der Waals surface area contributed by atoms with Crippen LogP contribution in [-0.2, 0) is 4.74 Å². The second-order valence-corrected chi connectivity index (χ2v) is 3.57. The van der Waals surface area contributed by atoms with E-state index in [2.05, 4.69) is 0 Å². The number of aromatic amines is 1. The number of halogens is 1. The molecule has 1 aliphatic rings. The van der Waals surface area contributed by atoms with Crippen molar-refractivity contribution in [2.45, 2.75) is 12.3 Å². The summed E-state index contributed by atoms with van der Waals surface area (Å²) in [5.74, 6) is -2.64. The molecule has 0 fully saturated rings. The Labute approximate surface area is 98.2 Å². The summed E-state index contributed by atoms with van der Waals surface area (Å²) in [5.41, 5.74) is -2.23. The van der Waals surface area contributed by atoms with Crippen molar-refractivity contribution in [3.05, 3.63) is 44.4 Å². The Kier molecular flexibility index (Phi) is 2.93. The number of hydrogen-bond donors (Lipinski definition) is 4. The topological polar surface area (TPSA) is 125 Å². The Morgan fingerprint density at radius 2 is 2.06 bits per heavy atom. The van der Waals surface area contributed by atoms with Crippen molar-refractivity contribution in [2.75, 3.05) is 6.61 Å². The zero-order chi connectivity index (χ0) is 13.4. The minimum atomic E-state index is -1.50. The first kappa shape index (κ1) is 12.3. The molecule has 4 N–H and O–H groups in total. The molecule has 9 heteroatoms. The summed E-state index contributed by atoms with van der Waals surface area (Å²) >= 11 is 0. The summed E-state index contributed by atoms with van der Waals surface area (Å²) in [4.78, 5) is 23.9. The molecule has 0 amide bonds. The number of aliphatic hydroxyl groups excluding tert-OH is 3. The van der Waals surface area contributed by atoms with Gasteiger partial charge in [-0.1, -0.05) is 0 Å². The van der Waals surface area contributed by atoms with E-state index >= 15 is 0 Å². The lowest BCUT2D eigenvalue weighted by Crippen LogP contribution is -2.35. The first-order valence-corrected chi connectivity index (χ1v) is 4.85. The van der Waals surface area contributed by atoms with Crippen molar-refractivity contribution >= 4 is 0 Å². The van der Waals surface area contributed by atoms with E-state index in [-0.39, 0.29) is 0 Å². The molecule has 0 saturated carbocycles. The molecule has 1 aromatic heterocycles. The van der Waals surface area contributed by atoms with Crippen molar-refractivity contribution in [3.8, 4) is 0 Å². The van der Waals surface area contributed by atoms with E-state index in [1.165, 1.54) is 0 Å². The normalized spacial score (nSPS) is 23.7. The maximum Gasteiger partial charge on any atom is 0.331 e. The predicted octanol–water partition coefficient (Wildman–Crippen LogP) is -1.11. The summed E-state index contributed by atoms with van der Waals surface area (Å²) in [7, 11) is 0. The van der Waals surface area contributed by atoms with Crippen LogP contribution in [0.5, 0.6) is 0 Å². The molecule has 18 heavy (non-hydrogen) atoms. The highest BCUT2D eigenvalue weighted by molar-refractivity contribution is 5.14. The van der Waals surface area contributed by atoms with Crippen LogP contribution in [0.1, 0.15) is 6.23 Å². The number of nitrogens with one attached hydrogen (secondary N) is 1. The Bertz CT molecular complexity index is 618. The SMILES string of the molecule is O=c1[nH]c(=O)n(C2OC(CO)C(O)=C2O)cc1F. The molecule has 1 aromatic rings. The van der Waals surface area contributed by atoms with Gasteiger partial charge in [-0.15, -0.1) is 0 Å². The smallest absolute Gasteiger partial charge is 0.331 e. The monoisotopic (exact) mass is 260 g/mol. The van der Waals surface area contributed by atoms with Gasteiger partial charge in [-0.25, -0.2) is 4.79 Å². The van der Waals surface area contributed by atoms with Crippen LogP contribution in [0.3, 0.4) is 0 Å². The zero-order valence-electron chi connectivity index (χ0n) is 8.83. The Morgan fingerprint density at radius 1 is 1.39 bits per heavy atom. The lowest BCUT2D eigenvalue weighted by atomic mass is 10.3. The van der Waals surface area contributed by atoms with Crippen LogP contribution in [0.15, 0.2) is 27.3 Å². The summed E-state index contributed by atoms with van der Waals surface area (Å²) in [6, 6.07) is 0. The average Bonchev–Trinajstić information content (AvgIpc) is 2.61.